The van der Waals surface area contributed by atoms with Gasteiger partial charge in [-0.15, -0.1) is 10.2 Å². The number of carbonyl (C=O) groups excluding carboxylic acids is 1. The van der Waals surface area contributed by atoms with Crippen molar-refractivity contribution in [3.8, 4) is 0 Å². The fourth-order valence-corrected chi connectivity index (χ4v) is 1.57. The van der Waals surface area contributed by atoms with Crippen molar-refractivity contribution in [2.45, 2.75) is 19.4 Å². The Hall–Kier alpha value is -2.31. The molecule has 1 atom stereocenters. The molecule has 94 valence electrons. The van der Waals surface area contributed by atoms with E-state index in [0.29, 0.717) is 6.42 Å². The molecular weight excluding hydrogens is 237 g/mol. The molecule has 6 nitrogen and oxygen atoms in total. The fourth-order valence-electron chi connectivity index (χ4n) is 1.57. The first-order valence-corrected chi connectivity index (χ1v) is 5.44. The van der Waals surface area contributed by atoms with Crippen molar-refractivity contribution in [2.75, 3.05) is 0 Å². The number of halogens is 1. The number of aromatic nitrogens is 4. The second kappa shape index (κ2) is 5.35. The van der Waals surface area contributed by atoms with Gasteiger partial charge in [-0.25, -0.2) is 4.39 Å². The number of tetrazole rings is 1. The summed E-state index contributed by atoms with van der Waals surface area (Å²) in [4.78, 5) is 11.6. The summed E-state index contributed by atoms with van der Waals surface area (Å²) < 4.78 is 12.7. The maximum atomic E-state index is 12.7. The van der Waals surface area contributed by atoms with E-state index in [1.54, 1.807) is 12.1 Å². The molecule has 0 radical (unpaired) electrons. The van der Waals surface area contributed by atoms with Crippen LogP contribution in [0.4, 0.5) is 4.39 Å². The van der Waals surface area contributed by atoms with Gasteiger partial charge in [-0.3, -0.25) is 4.79 Å². The number of benzene rings is 1. The normalized spacial score (nSPS) is 12.1. The molecule has 0 aliphatic carbocycles. The highest BCUT2D eigenvalue weighted by Crippen LogP contribution is 2.05. The van der Waals surface area contributed by atoms with Crippen LogP contribution in [0.2, 0.25) is 0 Å². The van der Waals surface area contributed by atoms with Crippen molar-refractivity contribution >= 4 is 5.91 Å². The Morgan fingerprint density at radius 3 is 2.78 bits per heavy atom. The van der Waals surface area contributed by atoms with E-state index >= 15 is 0 Å². The lowest BCUT2D eigenvalue weighted by Crippen LogP contribution is -2.34. The van der Waals surface area contributed by atoms with Gasteiger partial charge in [0, 0.05) is 6.04 Å². The standard InChI is InChI=1S/C11H12FN5O/c1-7(6-8-2-4-9(12)5-3-8)13-11(18)10-14-16-17-15-10/h2-5,7H,6H2,1H3,(H,13,18)(H,14,15,16,17). The highest BCUT2D eigenvalue weighted by molar-refractivity contribution is 5.90. The van der Waals surface area contributed by atoms with Crippen LogP contribution in [-0.4, -0.2) is 32.6 Å². The summed E-state index contributed by atoms with van der Waals surface area (Å²) >= 11 is 0. The number of nitrogens with one attached hydrogen (secondary N) is 2. The monoisotopic (exact) mass is 249 g/mol. The minimum absolute atomic E-state index is 0.000885. The Kier molecular flexibility index (Phi) is 3.61. The summed E-state index contributed by atoms with van der Waals surface area (Å²) in [6.45, 7) is 1.85. The first-order chi connectivity index (χ1) is 8.65. The second-order valence-corrected chi connectivity index (χ2v) is 3.94. The number of aromatic amines is 1. The molecule has 1 unspecified atom stereocenters. The molecule has 2 rings (SSSR count). The average molecular weight is 249 g/mol. The quantitative estimate of drug-likeness (QED) is 0.835. The van der Waals surface area contributed by atoms with Crippen LogP contribution in [0, 0.1) is 5.82 Å². The van der Waals surface area contributed by atoms with Gasteiger partial charge in [0.15, 0.2) is 0 Å². The molecule has 0 aliphatic heterocycles. The van der Waals surface area contributed by atoms with Crippen LogP contribution < -0.4 is 5.32 Å². The van der Waals surface area contributed by atoms with Gasteiger partial charge in [-0.05, 0) is 36.3 Å². The Bertz CT molecular complexity index is 511. The lowest BCUT2D eigenvalue weighted by atomic mass is 10.1. The third-order valence-corrected chi connectivity index (χ3v) is 2.38. The molecule has 0 aliphatic rings. The molecule has 0 saturated heterocycles. The summed E-state index contributed by atoms with van der Waals surface area (Å²) in [7, 11) is 0. The molecule has 18 heavy (non-hydrogen) atoms. The van der Waals surface area contributed by atoms with Crippen LogP contribution in [0.25, 0.3) is 0 Å². The largest absolute Gasteiger partial charge is 0.346 e. The molecule has 2 N–H and O–H groups in total. The maximum Gasteiger partial charge on any atom is 0.293 e. The molecule has 0 spiro atoms. The molecule has 0 saturated carbocycles. The Morgan fingerprint density at radius 1 is 1.44 bits per heavy atom. The van der Waals surface area contributed by atoms with Gasteiger partial charge >= 0.3 is 0 Å². The highest BCUT2D eigenvalue weighted by Gasteiger charge is 2.13. The van der Waals surface area contributed by atoms with E-state index in [0.717, 1.165) is 5.56 Å². The van der Waals surface area contributed by atoms with Crippen molar-refractivity contribution in [3.63, 3.8) is 0 Å². The third-order valence-electron chi connectivity index (χ3n) is 2.38. The molecule has 7 heteroatoms. The van der Waals surface area contributed by atoms with Crippen molar-refractivity contribution in [1.82, 2.24) is 25.9 Å². The predicted octanol–water partition coefficient (Wildman–Crippen LogP) is 0.700. The number of hydrogen-bond acceptors (Lipinski definition) is 4. The molecule has 1 heterocycles. The first kappa shape index (κ1) is 12.2. The van der Waals surface area contributed by atoms with Crippen LogP contribution in [0.15, 0.2) is 24.3 Å². The van der Waals surface area contributed by atoms with Gasteiger partial charge in [0.1, 0.15) is 5.82 Å². The number of amides is 1. The number of H-pyrrole nitrogens is 1. The summed E-state index contributed by atoms with van der Waals surface area (Å²) in [5, 5.41) is 15.4. The van der Waals surface area contributed by atoms with E-state index in [1.807, 2.05) is 6.92 Å². The molecule has 2 aromatic rings. The van der Waals surface area contributed by atoms with Crippen LogP contribution in [-0.2, 0) is 6.42 Å². The van der Waals surface area contributed by atoms with Gasteiger partial charge in [-0.2, -0.15) is 5.21 Å². The SMILES string of the molecule is CC(Cc1ccc(F)cc1)NC(=O)c1nn[nH]n1. The van der Waals surface area contributed by atoms with Crippen LogP contribution in [0.5, 0.6) is 0 Å². The van der Waals surface area contributed by atoms with Crippen LogP contribution in [0.3, 0.4) is 0 Å². The molecule has 1 aromatic heterocycles. The smallest absolute Gasteiger partial charge is 0.293 e. The highest BCUT2D eigenvalue weighted by atomic mass is 19.1. The summed E-state index contributed by atoms with van der Waals surface area (Å²) in [5.74, 6) is -0.665. The average Bonchev–Trinajstić information content (AvgIpc) is 2.85. The van der Waals surface area contributed by atoms with Crippen molar-refractivity contribution in [2.24, 2.45) is 0 Å². The minimum atomic E-state index is -0.390. The summed E-state index contributed by atoms with van der Waals surface area (Å²) in [6.07, 6.45) is 0.601. The number of carbonyl (C=O) groups is 1. The summed E-state index contributed by atoms with van der Waals surface area (Å²) in [5.41, 5.74) is 0.942. The number of rotatable bonds is 4. The molecule has 0 fully saturated rings. The van der Waals surface area contributed by atoms with E-state index in [1.165, 1.54) is 12.1 Å². The van der Waals surface area contributed by atoms with Crippen LogP contribution in [0.1, 0.15) is 23.1 Å². The Balaban J connectivity index is 1.90. The summed E-state index contributed by atoms with van der Waals surface area (Å²) in [6, 6.07) is 6.05. The van der Waals surface area contributed by atoms with E-state index < -0.39 is 5.91 Å². The second-order valence-electron chi connectivity index (χ2n) is 3.94. The van der Waals surface area contributed by atoms with Gasteiger partial charge in [0.05, 0.1) is 0 Å². The first-order valence-electron chi connectivity index (χ1n) is 5.44. The number of nitrogens with zero attached hydrogens (tertiary/aromatic N) is 3. The predicted molar refractivity (Wildman–Crippen MR) is 61.2 cm³/mol. The Morgan fingerprint density at radius 2 is 2.17 bits per heavy atom. The van der Waals surface area contributed by atoms with Gasteiger partial charge in [0.25, 0.3) is 11.7 Å². The zero-order valence-corrected chi connectivity index (χ0v) is 9.72. The Labute approximate surface area is 103 Å². The number of hydrogen-bond donors (Lipinski definition) is 2. The zero-order chi connectivity index (χ0) is 13.0. The van der Waals surface area contributed by atoms with E-state index in [-0.39, 0.29) is 17.7 Å². The minimum Gasteiger partial charge on any atom is -0.346 e. The van der Waals surface area contributed by atoms with Crippen molar-refractivity contribution in [3.05, 3.63) is 41.5 Å². The molecule has 1 amide bonds. The van der Waals surface area contributed by atoms with E-state index in [9.17, 15) is 9.18 Å². The topological polar surface area (TPSA) is 83.6 Å². The fraction of sp³-hybridized carbons (Fsp3) is 0.273. The van der Waals surface area contributed by atoms with E-state index in [4.69, 9.17) is 0 Å². The van der Waals surface area contributed by atoms with Crippen LogP contribution >= 0.6 is 0 Å². The third kappa shape index (κ3) is 3.09. The lowest BCUT2D eigenvalue weighted by Gasteiger charge is -2.12. The lowest BCUT2D eigenvalue weighted by molar-refractivity contribution is 0.0929. The molecule has 0 bridgehead atoms. The van der Waals surface area contributed by atoms with E-state index in [2.05, 4.69) is 25.9 Å². The van der Waals surface area contributed by atoms with Gasteiger partial charge < -0.3 is 5.32 Å². The zero-order valence-electron chi connectivity index (χ0n) is 9.72. The van der Waals surface area contributed by atoms with Crippen molar-refractivity contribution in [1.29, 1.82) is 0 Å². The molecule has 1 aromatic carbocycles. The van der Waals surface area contributed by atoms with Gasteiger partial charge in [0.2, 0.25) is 0 Å². The molecular formula is C11H12FN5O. The van der Waals surface area contributed by atoms with Gasteiger partial charge in [-0.1, -0.05) is 12.1 Å². The van der Waals surface area contributed by atoms with Crippen molar-refractivity contribution < 1.29 is 9.18 Å². The maximum absolute atomic E-state index is 12.7.